The summed E-state index contributed by atoms with van der Waals surface area (Å²) in [6.45, 7) is 1.84. The molecule has 2 atom stereocenters. The summed E-state index contributed by atoms with van der Waals surface area (Å²) in [7, 11) is 1.37. The van der Waals surface area contributed by atoms with E-state index in [1.807, 2.05) is 30.3 Å². The fraction of sp³-hybridized carbons (Fsp3) is 0.524. The second kappa shape index (κ2) is 7.93. The van der Waals surface area contributed by atoms with Crippen LogP contribution in [0.4, 0.5) is 4.79 Å². The molecule has 1 saturated carbocycles. The van der Waals surface area contributed by atoms with Gasteiger partial charge in [0.2, 0.25) is 0 Å². The van der Waals surface area contributed by atoms with Gasteiger partial charge in [0.15, 0.2) is 0 Å². The topological polar surface area (TPSA) is 82.1 Å². The third-order valence-electron chi connectivity index (χ3n) is 5.68. The molecule has 1 aromatic rings. The minimum Gasteiger partial charge on any atom is -0.466 e. The molecule has 7 nitrogen and oxygen atoms in total. The van der Waals surface area contributed by atoms with E-state index in [0.29, 0.717) is 24.4 Å². The monoisotopic (exact) mass is 385 g/mol. The van der Waals surface area contributed by atoms with E-state index in [0.717, 1.165) is 37.8 Å². The fourth-order valence-corrected chi connectivity index (χ4v) is 4.19. The number of nitrogens with zero attached hydrogens (tertiary/aromatic N) is 2. The van der Waals surface area contributed by atoms with Gasteiger partial charge in [0, 0.05) is 24.8 Å². The first-order valence-electron chi connectivity index (χ1n) is 9.95. The zero-order valence-corrected chi connectivity index (χ0v) is 16.1. The molecule has 3 aliphatic rings. The lowest BCUT2D eigenvalue weighted by atomic mass is 9.93. The Bertz CT molecular complexity index is 775. The van der Waals surface area contributed by atoms with E-state index in [2.05, 4.69) is 10.2 Å². The van der Waals surface area contributed by atoms with Gasteiger partial charge in [-0.15, -0.1) is 0 Å². The van der Waals surface area contributed by atoms with E-state index in [1.54, 1.807) is 4.90 Å². The number of piperidine rings is 1. The molecular weight excluding hydrogens is 358 g/mol. The Balaban J connectivity index is 1.77. The van der Waals surface area contributed by atoms with Crippen molar-refractivity contribution in [1.29, 1.82) is 0 Å². The van der Waals surface area contributed by atoms with Crippen molar-refractivity contribution in [3.8, 4) is 0 Å². The number of hydrogen-bond donors (Lipinski definition) is 2. The molecule has 1 aliphatic carbocycles. The van der Waals surface area contributed by atoms with Gasteiger partial charge in [-0.1, -0.05) is 30.3 Å². The minimum absolute atomic E-state index is 0.126. The predicted octanol–water partition coefficient (Wildman–Crippen LogP) is 1.80. The molecule has 2 fully saturated rings. The molecule has 2 heterocycles. The first kappa shape index (κ1) is 19.0. The minimum atomic E-state index is -0.541. The van der Waals surface area contributed by atoms with Crippen molar-refractivity contribution in [1.82, 2.24) is 15.1 Å². The van der Waals surface area contributed by atoms with Gasteiger partial charge in [0.1, 0.15) is 0 Å². The second-order valence-corrected chi connectivity index (χ2v) is 7.78. The van der Waals surface area contributed by atoms with E-state index in [4.69, 9.17) is 4.74 Å². The first-order chi connectivity index (χ1) is 13.6. The SMILES string of the molecule is COC(=O)C1=C(CN2CCCC(O)C2)N(C2CC2)C(=O)NC1c1ccccc1. The largest absolute Gasteiger partial charge is 0.466 e. The summed E-state index contributed by atoms with van der Waals surface area (Å²) in [4.78, 5) is 29.7. The van der Waals surface area contributed by atoms with Crippen molar-refractivity contribution in [2.75, 3.05) is 26.7 Å². The molecule has 0 radical (unpaired) electrons. The van der Waals surface area contributed by atoms with Crippen molar-refractivity contribution < 1.29 is 19.4 Å². The van der Waals surface area contributed by atoms with Gasteiger partial charge >= 0.3 is 12.0 Å². The van der Waals surface area contributed by atoms with Gasteiger partial charge in [-0.05, 0) is 37.8 Å². The summed E-state index contributed by atoms with van der Waals surface area (Å²) in [6, 6.07) is 8.92. The van der Waals surface area contributed by atoms with Gasteiger partial charge in [-0.2, -0.15) is 0 Å². The van der Waals surface area contributed by atoms with Crippen LogP contribution in [-0.2, 0) is 9.53 Å². The lowest BCUT2D eigenvalue weighted by Gasteiger charge is -2.40. The molecular formula is C21H27N3O4. The van der Waals surface area contributed by atoms with Crippen LogP contribution in [0.3, 0.4) is 0 Å². The fourth-order valence-electron chi connectivity index (χ4n) is 4.19. The van der Waals surface area contributed by atoms with Gasteiger partial charge < -0.3 is 15.2 Å². The Labute approximate surface area is 164 Å². The highest BCUT2D eigenvalue weighted by molar-refractivity contribution is 5.95. The average Bonchev–Trinajstić information content (AvgIpc) is 3.53. The number of carbonyl (C=O) groups is 2. The van der Waals surface area contributed by atoms with Gasteiger partial charge in [0.05, 0.1) is 24.8 Å². The van der Waals surface area contributed by atoms with Gasteiger partial charge in [0.25, 0.3) is 0 Å². The van der Waals surface area contributed by atoms with Gasteiger partial charge in [-0.25, -0.2) is 9.59 Å². The predicted molar refractivity (Wildman–Crippen MR) is 103 cm³/mol. The number of benzene rings is 1. The molecule has 0 spiro atoms. The number of likely N-dealkylation sites (tertiary alicyclic amines) is 1. The van der Waals surface area contributed by atoms with E-state index < -0.39 is 12.0 Å². The average molecular weight is 385 g/mol. The van der Waals surface area contributed by atoms with Crippen molar-refractivity contribution in [3.05, 3.63) is 47.2 Å². The number of aliphatic hydroxyl groups excluding tert-OH is 1. The molecule has 1 saturated heterocycles. The summed E-state index contributed by atoms with van der Waals surface area (Å²) in [5.74, 6) is -0.424. The molecule has 28 heavy (non-hydrogen) atoms. The van der Waals surface area contributed by atoms with Crippen LogP contribution in [0.1, 0.15) is 37.3 Å². The first-order valence-corrected chi connectivity index (χ1v) is 9.95. The normalized spacial score (nSPS) is 26.2. The van der Waals surface area contributed by atoms with Gasteiger partial charge in [-0.3, -0.25) is 9.80 Å². The molecule has 2 unspecified atom stereocenters. The number of amides is 2. The highest BCUT2D eigenvalue weighted by atomic mass is 16.5. The molecule has 2 amide bonds. The van der Waals surface area contributed by atoms with E-state index in [9.17, 15) is 14.7 Å². The number of aliphatic hydroxyl groups is 1. The molecule has 0 aromatic heterocycles. The molecule has 0 bridgehead atoms. The standard InChI is InChI=1S/C21H27N3O4/c1-28-20(26)18-17(13-23-11-5-8-16(25)12-23)24(15-9-10-15)21(27)22-19(18)14-6-3-2-4-7-14/h2-4,6-7,15-16,19,25H,5,8-13H2,1H3,(H,22,27). The molecule has 2 N–H and O–H groups in total. The van der Waals surface area contributed by atoms with Crippen molar-refractivity contribution in [2.24, 2.45) is 0 Å². The van der Waals surface area contributed by atoms with E-state index >= 15 is 0 Å². The number of nitrogens with one attached hydrogen (secondary N) is 1. The Morgan fingerprint density at radius 3 is 2.64 bits per heavy atom. The van der Waals surface area contributed by atoms with E-state index in [1.165, 1.54) is 7.11 Å². The Morgan fingerprint density at radius 2 is 2.00 bits per heavy atom. The van der Waals surface area contributed by atoms with Crippen LogP contribution < -0.4 is 5.32 Å². The Morgan fingerprint density at radius 1 is 1.25 bits per heavy atom. The number of methoxy groups -OCH3 is 1. The van der Waals surface area contributed by atoms with Crippen molar-refractivity contribution >= 4 is 12.0 Å². The summed E-state index contributed by atoms with van der Waals surface area (Å²) >= 11 is 0. The van der Waals surface area contributed by atoms with Crippen LogP contribution in [0.2, 0.25) is 0 Å². The van der Waals surface area contributed by atoms with Crippen LogP contribution in [0.15, 0.2) is 41.6 Å². The maximum Gasteiger partial charge on any atom is 0.338 e. The Hall–Kier alpha value is -2.38. The molecule has 4 rings (SSSR count). The number of esters is 1. The van der Waals surface area contributed by atoms with Crippen LogP contribution in [0, 0.1) is 0 Å². The summed E-state index contributed by atoms with van der Waals surface area (Å²) < 4.78 is 5.12. The zero-order chi connectivity index (χ0) is 19.7. The summed E-state index contributed by atoms with van der Waals surface area (Å²) in [5.41, 5.74) is 2.05. The number of rotatable bonds is 5. The van der Waals surface area contributed by atoms with Crippen molar-refractivity contribution in [2.45, 2.75) is 43.9 Å². The third-order valence-corrected chi connectivity index (χ3v) is 5.68. The lowest BCUT2D eigenvalue weighted by molar-refractivity contribution is -0.136. The molecule has 1 aromatic carbocycles. The lowest BCUT2D eigenvalue weighted by Crippen LogP contribution is -2.52. The van der Waals surface area contributed by atoms with Crippen LogP contribution in [0.25, 0.3) is 0 Å². The highest BCUT2D eigenvalue weighted by Gasteiger charge is 2.44. The number of hydrogen-bond acceptors (Lipinski definition) is 5. The van der Waals surface area contributed by atoms with Crippen LogP contribution >= 0.6 is 0 Å². The molecule has 7 heteroatoms. The Kier molecular flexibility index (Phi) is 5.37. The quantitative estimate of drug-likeness (QED) is 0.756. The van der Waals surface area contributed by atoms with Crippen LogP contribution in [-0.4, -0.2) is 65.8 Å². The number of β-amino-alcohol motifs (C(OH)–C–C–N with tert-alkyl or cyclic N) is 1. The zero-order valence-electron chi connectivity index (χ0n) is 16.1. The van der Waals surface area contributed by atoms with Crippen molar-refractivity contribution in [3.63, 3.8) is 0 Å². The number of urea groups is 1. The molecule has 150 valence electrons. The second-order valence-electron chi connectivity index (χ2n) is 7.78. The third kappa shape index (κ3) is 3.77. The summed E-state index contributed by atoms with van der Waals surface area (Å²) in [6.07, 6.45) is 3.19. The van der Waals surface area contributed by atoms with Crippen LogP contribution in [0.5, 0.6) is 0 Å². The number of ether oxygens (including phenoxy) is 1. The summed E-state index contributed by atoms with van der Waals surface area (Å²) in [5, 5.41) is 13.1. The maximum absolute atomic E-state index is 13.0. The highest BCUT2D eigenvalue weighted by Crippen LogP contribution is 2.38. The van der Waals surface area contributed by atoms with E-state index in [-0.39, 0.29) is 18.2 Å². The maximum atomic E-state index is 13.0. The smallest absolute Gasteiger partial charge is 0.338 e. The molecule has 2 aliphatic heterocycles. The number of carbonyl (C=O) groups excluding carboxylic acids is 2.